The van der Waals surface area contributed by atoms with Crippen molar-refractivity contribution >= 4 is 5.97 Å². The maximum atomic E-state index is 13.1. The molecule has 1 aromatic heterocycles. The van der Waals surface area contributed by atoms with Gasteiger partial charge in [-0.3, -0.25) is 9.89 Å². The lowest BCUT2D eigenvalue weighted by atomic mass is 9.91. The lowest BCUT2D eigenvalue weighted by Crippen LogP contribution is -2.16. The molecule has 0 fully saturated rings. The Morgan fingerprint density at radius 3 is 2.22 bits per heavy atom. The molecule has 0 aliphatic rings. The smallest absolute Gasteiger partial charge is 0.416 e. The number of carbonyl (C=O) groups is 1. The Kier molecular flexibility index (Phi) is 4.10. The van der Waals surface area contributed by atoms with Crippen LogP contribution in [0.4, 0.5) is 26.3 Å². The molecule has 0 bridgehead atoms. The standard InChI is InChI=1S/C13H8F6N2O2/c14-12(15,16)7-1-8(6-4-20-21-5-6)9(3-11(22)23)10(2-7)13(17,18)19/h1-2,4-5H,3H2,(H,20,21)(H,22,23). The van der Waals surface area contributed by atoms with E-state index < -0.39 is 47.0 Å². The number of H-pyrrole nitrogens is 1. The summed E-state index contributed by atoms with van der Waals surface area (Å²) in [7, 11) is 0. The van der Waals surface area contributed by atoms with Crippen molar-refractivity contribution in [3.05, 3.63) is 41.2 Å². The molecule has 0 aliphatic heterocycles. The second-order valence-electron chi connectivity index (χ2n) is 4.60. The van der Waals surface area contributed by atoms with Gasteiger partial charge in [-0.05, 0) is 23.3 Å². The zero-order chi connectivity index (χ0) is 17.4. The third kappa shape index (κ3) is 3.63. The molecule has 10 heteroatoms. The first-order valence-electron chi connectivity index (χ1n) is 6.02. The van der Waals surface area contributed by atoms with E-state index >= 15 is 0 Å². The first-order valence-corrected chi connectivity index (χ1v) is 6.02. The molecule has 1 heterocycles. The quantitative estimate of drug-likeness (QED) is 0.838. The van der Waals surface area contributed by atoms with E-state index in [2.05, 4.69) is 10.2 Å². The number of aliphatic carboxylic acids is 1. The van der Waals surface area contributed by atoms with Crippen LogP contribution in [-0.4, -0.2) is 21.3 Å². The van der Waals surface area contributed by atoms with Gasteiger partial charge in [-0.2, -0.15) is 31.4 Å². The molecule has 23 heavy (non-hydrogen) atoms. The van der Waals surface area contributed by atoms with Gasteiger partial charge in [0.15, 0.2) is 0 Å². The topological polar surface area (TPSA) is 66.0 Å². The Bertz CT molecular complexity index is 719. The third-order valence-corrected chi connectivity index (χ3v) is 3.02. The van der Waals surface area contributed by atoms with E-state index in [1.165, 1.54) is 0 Å². The molecule has 0 saturated heterocycles. The van der Waals surface area contributed by atoms with E-state index in [-0.39, 0.29) is 11.6 Å². The Hall–Kier alpha value is -2.52. The number of aromatic amines is 1. The SMILES string of the molecule is O=C(O)Cc1c(-c2cn[nH]c2)cc(C(F)(F)F)cc1C(F)(F)F. The molecule has 0 saturated carbocycles. The Morgan fingerprint density at radius 2 is 1.78 bits per heavy atom. The van der Waals surface area contributed by atoms with Crippen LogP contribution in [0.3, 0.4) is 0 Å². The summed E-state index contributed by atoms with van der Waals surface area (Å²) in [6.07, 6.45) is -9.12. The third-order valence-electron chi connectivity index (χ3n) is 3.02. The van der Waals surface area contributed by atoms with Gasteiger partial charge in [-0.1, -0.05) is 0 Å². The molecule has 0 aliphatic carbocycles. The van der Waals surface area contributed by atoms with Gasteiger partial charge in [-0.15, -0.1) is 0 Å². The normalized spacial score (nSPS) is 12.4. The monoisotopic (exact) mass is 338 g/mol. The van der Waals surface area contributed by atoms with Crippen molar-refractivity contribution in [1.82, 2.24) is 10.2 Å². The van der Waals surface area contributed by atoms with Gasteiger partial charge in [0.05, 0.1) is 23.7 Å². The second kappa shape index (κ2) is 5.60. The van der Waals surface area contributed by atoms with Crippen molar-refractivity contribution in [1.29, 1.82) is 0 Å². The molecule has 0 radical (unpaired) electrons. The van der Waals surface area contributed by atoms with Gasteiger partial charge in [0.1, 0.15) is 0 Å². The minimum Gasteiger partial charge on any atom is -0.481 e. The highest BCUT2D eigenvalue weighted by molar-refractivity contribution is 5.78. The highest BCUT2D eigenvalue weighted by Crippen LogP contribution is 2.41. The molecule has 2 N–H and O–H groups in total. The summed E-state index contributed by atoms with van der Waals surface area (Å²) in [6.45, 7) is 0. The van der Waals surface area contributed by atoms with E-state index in [4.69, 9.17) is 5.11 Å². The van der Waals surface area contributed by atoms with Crippen LogP contribution < -0.4 is 0 Å². The molecular formula is C13H8F6N2O2. The largest absolute Gasteiger partial charge is 0.481 e. The molecule has 4 nitrogen and oxygen atoms in total. The van der Waals surface area contributed by atoms with Crippen LogP contribution in [0.25, 0.3) is 11.1 Å². The number of hydrogen-bond acceptors (Lipinski definition) is 2. The minimum absolute atomic E-state index is 0.0714. The number of hydrogen-bond donors (Lipinski definition) is 2. The maximum Gasteiger partial charge on any atom is 0.416 e. The van der Waals surface area contributed by atoms with Crippen LogP contribution in [-0.2, 0) is 23.6 Å². The van der Waals surface area contributed by atoms with Crippen LogP contribution >= 0.6 is 0 Å². The Morgan fingerprint density at radius 1 is 1.13 bits per heavy atom. The fourth-order valence-electron chi connectivity index (χ4n) is 2.09. The van der Waals surface area contributed by atoms with Crippen molar-refractivity contribution in [2.75, 3.05) is 0 Å². The van der Waals surface area contributed by atoms with Gasteiger partial charge in [0.2, 0.25) is 0 Å². The fourth-order valence-corrected chi connectivity index (χ4v) is 2.09. The van der Waals surface area contributed by atoms with Crippen LogP contribution in [0.5, 0.6) is 0 Å². The summed E-state index contributed by atoms with van der Waals surface area (Å²) in [5, 5.41) is 14.5. The van der Waals surface area contributed by atoms with Crippen molar-refractivity contribution in [3.63, 3.8) is 0 Å². The summed E-state index contributed by atoms with van der Waals surface area (Å²) in [5.41, 5.74) is -4.46. The lowest BCUT2D eigenvalue weighted by Gasteiger charge is -2.18. The van der Waals surface area contributed by atoms with E-state index in [0.717, 1.165) is 12.4 Å². The molecule has 0 unspecified atom stereocenters. The van der Waals surface area contributed by atoms with Crippen molar-refractivity contribution in [3.8, 4) is 11.1 Å². The Balaban J connectivity index is 2.82. The van der Waals surface area contributed by atoms with E-state index in [9.17, 15) is 31.1 Å². The molecule has 0 atom stereocenters. The van der Waals surface area contributed by atoms with Gasteiger partial charge >= 0.3 is 18.3 Å². The number of benzene rings is 1. The zero-order valence-electron chi connectivity index (χ0n) is 11.1. The summed E-state index contributed by atoms with van der Waals surface area (Å²) in [5.74, 6) is -1.60. The Labute approximate surface area is 124 Å². The predicted molar refractivity (Wildman–Crippen MR) is 65.4 cm³/mol. The summed E-state index contributed by atoms with van der Waals surface area (Å²) in [4.78, 5) is 10.8. The number of carboxylic acids is 1. The molecule has 2 rings (SSSR count). The fraction of sp³-hybridized carbons (Fsp3) is 0.231. The first-order chi connectivity index (χ1) is 10.5. The molecule has 124 valence electrons. The highest BCUT2D eigenvalue weighted by Gasteiger charge is 2.40. The van der Waals surface area contributed by atoms with Crippen LogP contribution in [0.15, 0.2) is 24.5 Å². The number of rotatable bonds is 3. The van der Waals surface area contributed by atoms with Gasteiger partial charge in [-0.25, -0.2) is 0 Å². The number of carboxylic acid groups (broad SMARTS) is 1. The maximum absolute atomic E-state index is 13.1. The zero-order valence-corrected chi connectivity index (χ0v) is 11.1. The van der Waals surface area contributed by atoms with E-state index in [0.29, 0.717) is 6.07 Å². The number of nitrogens with zero attached hydrogens (tertiary/aromatic N) is 1. The molecule has 0 amide bonds. The van der Waals surface area contributed by atoms with Gasteiger partial charge in [0.25, 0.3) is 0 Å². The summed E-state index contributed by atoms with van der Waals surface area (Å²) >= 11 is 0. The average Bonchev–Trinajstić information content (AvgIpc) is 2.89. The number of aromatic nitrogens is 2. The summed E-state index contributed by atoms with van der Waals surface area (Å²) < 4.78 is 77.9. The number of halogens is 6. The van der Waals surface area contributed by atoms with Crippen LogP contribution in [0.1, 0.15) is 16.7 Å². The number of alkyl halides is 6. The molecule has 2 aromatic rings. The first kappa shape index (κ1) is 16.8. The van der Waals surface area contributed by atoms with E-state index in [1.807, 2.05) is 0 Å². The van der Waals surface area contributed by atoms with E-state index in [1.54, 1.807) is 0 Å². The molecular weight excluding hydrogens is 330 g/mol. The minimum atomic E-state index is -5.13. The van der Waals surface area contributed by atoms with Crippen molar-refractivity contribution in [2.24, 2.45) is 0 Å². The highest BCUT2D eigenvalue weighted by atomic mass is 19.4. The van der Waals surface area contributed by atoms with Gasteiger partial charge in [0, 0.05) is 11.8 Å². The lowest BCUT2D eigenvalue weighted by molar-refractivity contribution is -0.143. The summed E-state index contributed by atoms with van der Waals surface area (Å²) in [6, 6.07) is 0.403. The van der Waals surface area contributed by atoms with Crippen LogP contribution in [0, 0.1) is 0 Å². The van der Waals surface area contributed by atoms with Crippen molar-refractivity contribution in [2.45, 2.75) is 18.8 Å². The second-order valence-corrected chi connectivity index (χ2v) is 4.60. The molecule has 0 spiro atoms. The molecule has 1 aromatic carbocycles. The average molecular weight is 338 g/mol. The predicted octanol–water partition coefficient (Wildman–Crippen LogP) is 3.74. The number of nitrogens with one attached hydrogen (secondary N) is 1. The van der Waals surface area contributed by atoms with Gasteiger partial charge < -0.3 is 5.11 Å². The van der Waals surface area contributed by atoms with Crippen molar-refractivity contribution < 1.29 is 36.2 Å². The van der Waals surface area contributed by atoms with Crippen LogP contribution in [0.2, 0.25) is 0 Å².